The van der Waals surface area contributed by atoms with Crippen molar-refractivity contribution in [1.29, 1.82) is 0 Å². The van der Waals surface area contributed by atoms with Crippen molar-refractivity contribution in [2.24, 2.45) is 5.92 Å². The average Bonchev–Trinajstić information content (AvgIpc) is 3.04. The van der Waals surface area contributed by atoms with Crippen LogP contribution in [0.2, 0.25) is 0 Å². The van der Waals surface area contributed by atoms with Crippen LogP contribution in [0, 0.1) is 11.7 Å². The van der Waals surface area contributed by atoms with Gasteiger partial charge in [-0.05, 0) is 37.1 Å². The lowest BCUT2D eigenvalue weighted by Crippen LogP contribution is -2.07. The highest BCUT2D eigenvalue weighted by molar-refractivity contribution is 5.83. The summed E-state index contributed by atoms with van der Waals surface area (Å²) in [6.07, 6.45) is 2.53. The van der Waals surface area contributed by atoms with Crippen LogP contribution in [0.5, 0.6) is 5.75 Å². The number of hydrogen-bond donors (Lipinski definition) is 0. The van der Waals surface area contributed by atoms with E-state index in [4.69, 9.17) is 4.74 Å². The molecule has 1 aliphatic rings. The van der Waals surface area contributed by atoms with E-state index in [1.165, 1.54) is 12.1 Å². The van der Waals surface area contributed by atoms with Crippen molar-refractivity contribution in [2.45, 2.75) is 19.3 Å². The summed E-state index contributed by atoms with van der Waals surface area (Å²) in [4.78, 5) is 11.3. The standard InChI is InChI=1S/C12H13FO2/c13-10-3-5-11(6-4-10)15-8-7-12(14)9-1-2-9/h3-6,9H,1-2,7-8H2. The molecule has 2 nitrogen and oxygen atoms in total. The Morgan fingerprint density at radius 2 is 2.00 bits per heavy atom. The molecule has 1 aliphatic carbocycles. The molecule has 0 aliphatic heterocycles. The minimum atomic E-state index is -0.281. The molecule has 2 rings (SSSR count). The van der Waals surface area contributed by atoms with E-state index in [1.54, 1.807) is 12.1 Å². The third-order valence-electron chi connectivity index (χ3n) is 2.46. The molecular formula is C12H13FO2. The highest BCUT2D eigenvalue weighted by atomic mass is 19.1. The SMILES string of the molecule is O=C(CCOc1ccc(F)cc1)C1CC1. The second-order valence-electron chi connectivity index (χ2n) is 3.79. The molecule has 0 saturated heterocycles. The van der Waals surface area contributed by atoms with Gasteiger partial charge in [-0.2, -0.15) is 0 Å². The second kappa shape index (κ2) is 4.43. The highest BCUT2D eigenvalue weighted by Crippen LogP contribution is 2.30. The Bertz CT molecular complexity index is 341. The zero-order chi connectivity index (χ0) is 10.7. The number of benzene rings is 1. The maximum atomic E-state index is 12.5. The van der Waals surface area contributed by atoms with Crippen LogP contribution in [-0.4, -0.2) is 12.4 Å². The molecule has 1 saturated carbocycles. The number of halogens is 1. The van der Waals surface area contributed by atoms with Crippen LogP contribution in [0.15, 0.2) is 24.3 Å². The van der Waals surface area contributed by atoms with Gasteiger partial charge in [0.25, 0.3) is 0 Å². The molecule has 0 heterocycles. The van der Waals surface area contributed by atoms with E-state index >= 15 is 0 Å². The maximum Gasteiger partial charge on any atom is 0.139 e. The van der Waals surface area contributed by atoms with Crippen LogP contribution in [-0.2, 0) is 4.79 Å². The average molecular weight is 208 g/mol. The van der Waals surface area contributed by atoms with Gasteiger partial charge in [-0.1, -0.05) is 0 Å². The first kappa shape index (κ1) is 10.1. The van der Waals surface area contributed by atoms with Gasteiger partial charge >= 0.3 is 0 Å². The van der Waals surface area contributed by atoms with Crippen molar-refractivity contribution in [2.75, 3.05) is 6.61 Å². The van der Waals surface area contributed by atoms with Gasteiger partial charge in [0, 0.05) is 12.3 Å². The summed E-state index contributed by atoms with van der Waals surface area (Å²) in [7, 11) is 0. The van der Waals surface area contributed by atoms with E-state index in [1.807, 2.05) is 0 Å². The quantitative estimate of drug-likeness (QED) is 0.743. The van der Waals surface area contributed by atoms with Crippen LogP contribution < -0.4 is 4.74 Å². The first-order chi connectivity index (χ1) is 7.25. The fourth-order valence-electron chi connectivity index (χ4n) is 1.41. The van der Waals surface area contributed by atoms with Gasteiger partial charge in [-0.3, -0.25) is 4.79 Å². The molecule has 0 N–H and O–H groups in total. The van der Waals surface area contributed by atoms with Crippen molar-refractivity contribution < 1.29 is 13.9 Å². The second-order valence-corrected chi connectivity index (χ2v) is 3.79. The molecule has 0 spiro atoms. The lowest BCUT2D eigenvalue weighted by atomic mass is 10.2. The normalized spacial score (nSPS) is 15.0. The molecule has 0 aromatic heterocycles. The number of carbonyl (C=O) groups excluding carboxylic acids is 1. The molecule has 80 valence electrons. The van der Waals surface area contributed by atoms with Gasteiger partial charge in [0.15, 0.2) is 0 Å². The zero-order valence-corrected chi connectivity index (χ0v) is 8.41. The van der Waals surface area contributed by atoms with Crippen molar-refractivity contribution >= 4 is 5.78 Å². The Morgan fingerprint density at radius 1 is 1.33 bits per heavy atom. The Morgan fingerprint density at radius 3 is 2.60 bits per heavy atom. The van der Waals surface area contributed by atoms with Gasteiger partial charge in [0.2, 0.25) is 0 Å². The smallest absolute Gasteiger partial charge is 0.139 e. The molecule has 0 amide bonds. The molecule has 1 fully saturated rings. The van der Waals surface area contributed by atoms with Crippen LogP contribution >= 0.6 is 0 Å². The molecule has 3 heteroatoms. The van der Waals surface area contributed by atoms with Crippen molar-refractivity contribution in [1.82, 2.24) is 0 Å². The van der Waals surface area contributed by atoms with Crippen LogP contribution in [0.3, 0.4) is 0 Å². The molecule has 0 bridgehead atoms. The van der Waals surface area contributed by atoms with Gasteiger partial charge in [0.05, 0.1) is 6.61 Å². The Kier molecular flexibility index (Phi) is 2.99. The maximum absolute atomic E-state index is 12.5. The fraction of sp³-hybridized carbons (Fsp3) is 0.417. The summed E-state index contributed by atoms with van der Waals surface area (Å²) in [6, 6.07) is 5.82. The number of Topliss-reactive ketones (excluding diaryl/α,β-unsaturated/α-hetero) is 1. The van der Waals surface area contributed by atoms with Gasteiger partial charge < -0.3 is 4.74 Å². The first-order valence-electron chi connectivity index (χ1n) is 5.17. The van der Waals surface area contributed by atoms with Crippen molar-refractivity contribution in [3.8, 4) is 5.75 Å². The molecular weight excluding hydrogens is 195 g/mol. The van der Waals surface area contributed by atoms with E-state index in [0.29, 0.717) is 24.7 Å². The molecule has 1 aromatic carbocycles. The Hall–Kier alpha value is -1.38. The van der Waals surface area contributed by atoms with Crippen LogP contribution in [0.1, 0.15) is 19.3 Å². The van der Waals surface area contributed by atoms with E-state index in [2.05, 4.69) is 0 Å². The number of rotatable bonds is 5. The monoisotopic (exact) mass is 208 g/mol. The lowest BCUT2D eigenvalue weighted by molar-refractivity contribution is -0.120. The highest BCUT2D eigenvalue weighted by Gasteiger charge is 2.28. The summed E-state index contributed by atoms with van der Waals surface area (Å²) in [5.41, 5.74) is 0. The van der Waals surface area contributed by atoms with E-state index in [-0.39, 0.29) is 11.6 Å². The summed E-state index contributed by atoms with van der Waals surface area (Å²) < 4.78 is 17.9. The Balaban J connectivity index is 1.73. The van der Waals surface area contributed by atoms with Crippen LogP contribution in [0.4, 0.5) is 4.39 Å². The minimum absolute atomic E-state index is 0.281. The third-order valence-corrected chi connectivity index (χ3v) is 2.46. The van der Waals surface area contributed by atoms with Gasteiger partial charge in [-0.25, -0.2) is 4.39 Å². The number of ketones is 1. The summed E-state index contributed by atoms with van der Waals surface area (Å²) >= 11 is 0. The molecule has 0 atom stereocenters. The minimum Gasteiger partial charge on any atom is -0.493 e. The number of hydrogen-bond acceptors (Lipinski definition) is 2. The van der Waals surface area contributed by atoms with Crippen LogP contribution in [0.25, 0.3) is 0 Å². The van der Waals surface area contributed by atoms with Gasteiger partial charge in [-0.15, -0.1) is 0 Å². The number of carbonyl (C=O) groups is 1. The van der Waals surface area contributed by atoms with Gasteiger partial charge in [0.1, 0.15) is 17.3 Å². The fourth-order valence-corrected chi connectivity index (χ4v) is 1.41. The summed E-state index contributed by atoms with van der Waals surface area (Å²) in [5.74, 6) is 0.912. The largest absolute Gasteiger partial charge is 0.493 e. The third kappa shape index (κ3) is 3.05. The Labute approximate surface area is 88.1 Å². The van der Waals surface area contributed by atoms with E-state index < -0.39 is 0 Å². The van der Waals surface area contributed by atoms with E-state index in [9.17, 15) is 9.18 Å². The molecule has 0 radical (unpaired) electrons. The topological polar surface area (TPSA) is 26.3 Å². The molecule has 15 heavy (non-hydrogen) atoms. The zero-order valence-electron chi connectivity index (χ0n) is 8.41. The lowest BCUT2D eigenvalue weighted by Gasteiger charge is -2.04. The van der Waals surface area contributed by atoms with Crippen molar-refractivity contribution in [3.63, 3.8) is 0 Å². The van der Waals surface area contributed by atoms with E-state index in [0.717, 1.165) is 12.8 Å². The van der Waals surface area contributed by atoms with Crippen molar-refractivity contribution in [3.05, 3.63) is 30.1 Å². The predicted molar refractivity (Wildman–Crippen MR) is 54.2 cm³/mol. The summed E-state index contributed by atoms with van der Waals surface area (Å²) in [6.45, 7) is 0.390. The first-order valence-corrected chi connectivity index (χ1v) is 5.17. The summed E-state index contributed by atoms with van der Waals surface area (Å²) in [5, 5.41) is 0. The predicted octanol–water partition coefficient (Wildman–Crippen LogP) is 2.57. The number of ether oxygens (including phenoxy) is 1. The molecule has 0 unspecified atom stereocenters. The molecule has 1 aromatic rings.